The predicted molar refractivity (Wildman–Crippen MR) is 30.5 cm³/mol. The molecule has 0 saturated carbocycles. The van der Waals surface area contributed by atoms with Gasteiger partial charge in [-0.05, 0) is 13.3 Å². The van der Waals surface area contributed by atoms with Crippen LogP contribution in [0.5, 0.6) is 0 Å². The first-order valence-corrected chi connectivity index (χ1v) is 2.76. The molecule has 0 fully saturated rings. The molecule has 0 rings (SSSR count). The maximum atomic E-state index is 8.96. The number of aliphatic hydroxyl groups is 1. The second-order valence-electron chi connectivity index (χ2n) is 2.14. The smallest absolute Gasteiger partial charge is 0.134 e. The van der Waals surface area contributed by atoms with Gasteiger partial charge in [-0.3, -0.25) is 0 Å². The van der Waals surface area contributed by atoms with Crippen LogP contribution in [0.25, 0.3) is 0 Å². The fraction of sp³-hybridized carbons (Fsp3) is 1.00. The summed E-state index contributed by atoms with van der Waals surface area (Å²) < 4.78 is 0. The fourth-order valence-electron chi connectivity index (χ4n) is 0.543. The molecule has 3 heteroatoms. The van der Waals surface area contributed by atoms with Crippen molar-refractivity contribution in [1.29, 1.82) is 0 Å². The highest BCUT2D eigenvalue weighted by atomic mass is 16.5. The molecule has 0 aromatic heterocycles. The summed E-state index contributed by atoms with van der Waals surface area (Å²) in [5.74, 6) is 0. The van der Waals surface area contributed by atoms with Crippen LogP contribution in [0.1, 0.15) is 26.7 Å². The van der Waals surface area contributed by atoms with E-state index in [1.54, 1.807) is 5.48 Å². The fourth-order valence-corrected chi connectivity index (χ4v) is 0.543. The van der Waals surface area contributed by atoms with Gasteiger partial charge in [0, 0.05) is 0 Å². The normalized spacial score (nSPS) is 18.0. The molecule has 0 aliphatic carbocycles. The second kappa shape index (κ2) is 3.02. The van der Waals surface area contributed by atoms with Crippen LogP contribution in [0.4, 0.5) is 0 Å². The van der Waals surface area contributed by atoms with E-state index in [4.69, 9.17) is 10.3 Å². The van der Waals surface area contributed by atoms with Gasteiger partial charge in [-0.1, -0.05) is 13.3 Å². The van der Waals surface area contributed by atoms with Crippen LogP contribution in [0.2, 0.25) is 0 Å². The quantitative estimate of drug-likeness (QED) is 0.374. The van der Waals surface area contributed by atoms with Gasteiger partial charge < -0.3 is 10.3 Å². The minimum Gasteiger partial charge on any atom is -0.374 e. The topological polar surface area (TPSA) is 52.5 Å². The molecule has 0 heterocycles. The average molecular weight is 119 g/mol. The van der Waals surface area contributed by atoms with Crippen molar-refractivity contribution < 1.29 is 10.3 Å². The van der Waals surface area contributed by atoms with Gasteiger partial charge in [0.1, 0.15) is 5.72 Å². The van der Waals surface area contributed by atoms with E-state index in [2.05, 4.69) is 0 Å². The Morgan fingerprint density at radius 3 is 2.25 bits per heavy atom. The molecule has 50 valence electrons. The van der Waals surface area contributed by atoms with E-state index >= 15 is 0 Å². The summed E-state index contributed by atoms with van der Waals surface area (Å²) in [6.45, 7) is 3.46. The summed E-state index contributed by atoms with van der Waals surface area (Å²) >= 11 is 0. The Labute approximate surface area is 49.3 Å². The highest BCUT2D eigenvalue weighted by molar-refractivity contribution is 4.61. The van der Waals surface area contributed by atoms with Gasteiger partial charge in [0.05, 0.1) is 0 Å². The number of hydroxylamine groups is 1. The molecular weight excluding hydrogens is 106 g/mol. The van der Waals surface area contributed by atoms with Crippen LogP contribution in [-0.2, 0) is 0 Å². The standard InChI is InChI=1S/C5H13NO2/c1-3-4-5(2,7)6-8/h6-8H,3-4H2,1-2H3. The molecule has 1 atom stereocenters. The van der Waals surface area contributed by atoms with Gasteiger partial charge >= 0.3 is 0 Å². The first-order valence-electron chi connectivity index (χ1n) is 2.76. The Morgan fingerprint density at radius 2 is 2.12 bits per heavy atom. The third-order valence-electron chi connectivity index (χ3n) is 0.978. The van der Waals surface area contributed by atoms with Crippen LogP contribution in [0.3, 0.4) is 0 Å². The molecule has 0 spiro atoms. The highest BCUT2D eigenvalue weighted by Gasteiger charge is 2.15. The summed E-state index contributed by atoms with van der Waals surface area (Å²) in [5, 5.41) is 17.2. The van der Waals surface area contributed by atoms with Crippen molar-refractivity contribution in [3.63, 3.8) is 0 Å². The zero-order chi connectivity index (χ0) is 6.62. The second-order valence-corrected chi connectivity index (χ2v) is 2.14. The summed E-state index contributed by atoms with van der Waals surface area (Å²) in [5.41, 5.74) is 0.695. The van der Waals surface area contributed by atoms with E-state index in [1.807, 2.05) is 6.92 Å². The van der Waals surface area contributed by atoms with E-state index in [-0.39, 0.29) is 0 Å². The van der Waals surface area contributed by atoms with Crippen molar-refractivity contribution in [2.45, 2.75) is 32.4 Å². The molecule has 0 aliphatic heterocycles. The first kappa shape index (κ1) is 7.88. The maximum Gasteiger partial charge on any atom is 0.134 e. The first-order chi connectivity index (χ1) is 3.62. The molecule has 8 heavy (non-hydrogen) atoms. The molecule has 0 aliphatic rings. The van der Waals surface area contributed by atoms with Crippen molar-refractivity contribution in [1.82, 2.24) is 5.48 Å². The lowest BCUT2D eigenvalue weighted by Gasteiger charge is -2.19. The van der Waals surface area contributed by atoms with Crippen LogP contribution in [-0.4, -0.2) is 16.0 Å². The summed E-state index contributed by atoms with van der Waals surface area (Å²) in [6.07, 6.45) is 1.41. The van der Waals surface area contributed by atoms with Crippen LogP contribution >= 0.6 is 0 Å². The predicted octanol–water partition coefficient (Wildman–Crippen LogP) is 0.474. The third kappa shape index (κ3) is 2.96. The van der Waals surface area contributed by atoms with Crippen molar-refractivity contribution in [3.8, 4) is 0 Å². The SMILES string of the molecule is CCCC(C)(O)NO. The number of rotatable bonds is 3. The Kier molecular flexibility index (Phi) is 2.97. The van der Waals surface area contributed by atoms with Crippen LogP contribution < -0.4 is 5.48 Å². The highest BCUT2D eigenvalue weighted by Crippen LogP contribution is 2.04. The minimum atomic E-state index is -1.10. The number of hydrogen-bond acceptors (Lipinski definition) is 3. The third-order valence-corrected chi connectivity index (χ3v) is 0.978. The summed E-state index contributed by atoms with van der Waals surface area (Å²) in [4.78, 5) is 0. The van der Waals surface area contributed by atoms with E-state index in [1.165, 1.54) is 6.92 Å². The Morgan fingerprint density at radius 1 is 1.62 bits per heavy atom. The van der Waals surface area contributed by atoms with Crippen molar-refractivity contribution >= 4 is 0 Å². The molecule has 0 amide bonds. The number of hydrogen-bond donors (Lipinski definition) is 3. The summed E-state index contributed by atoms with van der Waals surface area (Å²) in [7, 11) is 0. The van der Waals surface area contributed by atoms with Crippen molar-refractivity contribution in [2.75, 3.05) is 0 Å². The molecule has 0 saturated heterocycles. The molecular formula is C5H13NO2. The zero-order valence-corrected chi connectivity index (χ0v) is 5.31. The molecule has 0 aromatic carbocycles. The Balaban J connectivity index is 3.37. The maximum absolute atomic E-state index is 8.96. The molecule has 0 aromatic rings. The van der Waals surface area contributed by atoms with E-state index in [9.17, 15) is 0 Å². The summed E-state index contributed by atoms with van der Waals surface area (Å²) in [6, 6.07) is 0. The largest absolute Gasteiger partial charge is 0.374 e. The monoisotopic (exact) mass is 119 g/mol. The van der Waals surface area contributed by atoms with Gasteiger partial charge in [0.15, 0.2) is 0 Å². The molecule has 0 bridgehead atoms. The molecule has 3 N–H and O–H groups in total. The molecule has 0 radical (unpaired) electrons. The van der Waals surface area contributed by atoms with Gasteiger partial charge in [-0.25, -0.2) is 0 Å². The van der Waals surface area contributed by atoms with Crippen molar-refractivity contribution in [2.24, 2.45) is 0 Å². The van der Waals surface area contributed by atoms with E-state index in [0.29, 0.717) is 6.42 Å². The lowest BCUT2D eigenvalue weighted by molar-refractivity contribution is -0.0849. The van der Waals surface area contributed by atoms with Gasteiger partial charge in [-0.2, -0.15) is 5.48 Å². The molecule has 1 unspecified atom stereocenters. The minimum absolute atomic E-state index is 0.559. The molecule has 3 nitrogen and oxygen atoms in total. The van der Waals surface area contributed by atoms with Crippen LogP contribution in [0.15, 0.2) is 0 Å². The van der Waals surface area contributed by atoms with E-state index < -0.39 is 5.72 Å². The van der Waals surface area contributed by atoms with Gasteiger partial charge in [0.2, 0.25) is 0 Å². The lowest BCUT2D eigenvalue weighted by Crippen LogP contribution is -2.39. The van der Waals surface area contributed by atoms with E-state index in [0.717, 1.165) is 6.42 Å². The Hall–Kier alpha value is -0.120. The van der Waals surface area contributed by atoms with Gasteiger partial charge in [-0.15, -0.1) is 0 Å². The van der Waals surface area contributed by atoms with Crippen LogP contribution in [0, 0.1) is 0 Å². The van der Waals surface area contributed by atoms with Crippen molar-refractivity contribution in [3.05, 3.63) is 0 Å². The van der Waals surface area contributed by atoms with Gasteiger partial charge in [0.25, 0.3) is 0 Å². The number of nitrogens with one attached hydrogen (secondary N) is 1. The Bertz CT molecular complexity index is 63.4. The lowest BCUT2D eigenvalue weighted by atomic mass is 10.1. The average Bonchev–Trinajstić information content (AvgIpc) is 1.67. The zero-order valence-electron chi connectivity index (χ0n) is 5.31.